The molecule has 2 aromatic heterocycles. The number of rotatable bonds is 4. The molecule has 3 rings (SSSR count). The van der Waals surface area contributed by atoms with Crippen molar-refractivity contribution in [2.45, 2.75) is 26.6 Å². The van der Waals surface area contributed by atoms with Crippen LogP contribution in [-0.2, 0) is 12.7 Å². The SMILES string of the molecule is Cc1ncnc(NCc2cc(-c3ccc(C(F)(F)F)cc3)no2)c1C. The van der Waals surface area contributed by atoms with Crippen LogP contribution in [0.4, 0.5) is 19.0 Å². The second kappa shape index (κ2) is 6.54. The molecule has 0 fully saturated rings. The molecule has 130 valence electrons. The van der Waals surface area contributed by atoms with Crippen molar-refractivity contribution in [3.8, 4) is 11.3 Å². The van der Waals surface area contributed by atoms with E-state index in [-0.39, 0.29) is 0 Å². The minimum Gasteiger partial charge on any atom is -0.362 e. The number of hydrogen-bond acceptors (Lipinski definition) is 5. The standard InChI is InChI=1S/C17H15F3N4O/c1-10-11(2)22-9-23-16(10)21-8-14-7-15(24-25-14)12-3-5-13(6-4-12)17(18,19)20/h3-7,9H,8H2,1-2H3,(H,21,22,23). The first-order valence-electron chi connectivity index (χ1n) is 7.50. The van der Waals surface area contributed by atoms with Crippen LogP contribution in [0.5, 0.6) is 0 Å². The van der Waals surface area contributed by atoms with Gasteiger partial charge in [-0.15, -0.1) is 0 Å². The summed E-state index contributed by atoms with van der Waals surface area (Å²) >= 11 is 0. The summed E-state index contributed by atoms with van der Waals surface area (Å²) in [5, 5.41) is 7.03. The van der Waals surface area contributed by atoms with E-state index in [2.05, 4.69) is 20.4 Å². The van der Waals surface area contributed by atoms with Gasteiger partial charge in [0.25, 0.3) is 0 Å². The number of hydrogen-bond donors (Lipinski definition) is 1. The molecule has 25 heavy (non-hydrogen) atoms. The maximum Gasteiger partial charge on any atom is 0.416 e. The zero-order valence-electron chi connectivity index (χ0n) is 13.6. The van der Waals surface area contributed by atoms with E-state index in [4.69, 9.17) is 4.52 Å². The van der Waals surface area contributed by atoms with Gasteiger partial charge in [0.05, 0.1) is 12.1 Å². The third-order valence-corrected chi connectivity index (χ3v) is 3.83. The Morgan fingerprint density at radius 3 is 2.48 bits per heavy atom. The summed E-state index contributed by atoms with van der Waals surface area (Å²) in [5.74, 6) is 1.24. The van der Waals surface area contributed by atoms with Gasteiger partial charge < -0.3 is 9.84 Å². The third kappa shape index (κ3) is 3.78. The van der Waals surface area contributed by atoms with E-state index in [1.165, 1.54) is 18.5 Å². The number of alkyl halides is 3. The van der Waals surface area contributed by atoms with E-state index < -0.39 is 11.7 Å². The molecule has 0 spiro atoms. The number of benzene rings is 1. The molecule has 8 heteroatoms. The fraction of sp³-hybridized carbons (Fsp3) is 0.235. The molecule has 3 aromatic rings. The summed E-state index contributed by atoms with van der Waals surface area (Å²) in [6.07, 6.45) is -2.89. The van der Waals surface area contributed by atoms with Gasteiger partial charge in [0.1, 0.15) is 17.8 Å². The number of anilines is 1. The van der Waals surface area contributed by atoms with E-state index >= 15 is 0 Å². The molecule has 0 saturated carbocycles. The molecule has 5 nitrogen and oxygen atoms in total. The van der Waals surface area contributed by atoms with Crippen LogP contribution in [0, 0.1) is 13.8 Å². The van der Waals surface area contributed by atoms with Gasteiger partial charge in [0, 0.05) is 22.9 Å². The van der Waals surface area contributed by atoms with Crippen LogP contribution in [0.1, 0.15) is 22.6 Å². The molecule has 0 amide bonds. The molecule has 0 bridgehead atoms. The molecule has 0 aliphatic rings. The van der Waals surface area contributed by atoms with Crippen molar-refractivity contribution >= 4 is 5.82 Å². The zero-order valence-corrected chi connectivity index (χ0v) is 13.6. The Kier molecular flexibility index (Phi) is 4.43. The molecule has 0 unspecified atom stereocenters. The highest BCUT2D eigenvalue weighted by molar-refractivity contribution is 5.59. The Hall–Kier alpha value is -2.90. The average molecular weight is 348 g/mol. The van der Waals surface area contributed by atoms with Crippen molar-refractivity contribution in [3.05, 3.63) is 59.2 Å². The summed E-state index contributed by atoms with van der Waals surface area (Å²) in [7, 11) is 0. The molecular formula is C17H15F3N4O. The van der Waals surface area contributed by atoms with Crippen molar-refractivity contribution in [2.75, 3.05) is 5.32 Å². The predicted molar refractivity (Wildman–Crippen MR) is 85.8 cm³/mol. The van der Waals surface area contributed by atoms with Crippen molar-refractivity contribution in [2.24, 2.45) is 0 Å². The van der Waals surface area contributed by atoms with Gasteiger partial charge in [-0.2, -0.15) is 13.2 Å². The zero-order chi connectivity index (χ0) is 18.0. The second-order valence-electron chi connectivity index (χ2n) is 5.54. The lowest BCUT2D eigenvalue weighted by Crippen LogP contribution is -2.04. The van der Waals surface area contributed by atoms with Gasteiger partial charge >= 0.3 is 6.18 Å². The van der Waals surface area contributed by atoms with Crippen LogP contribution in [0.2, 0.25) is 0 Å². The van der Waals surface area contributed by atoms with E-state index in [1.807, 2.05) is 13.8 Å². The van der Waals surface area contributed by atoms with Crippen LogP contribution < -0.4 is 5.32 Å². The smallest absolute Gasteiger partial charge is 0.362 e. The van der Waals surface area contributed by atoms with Gasteiger partial charge in [0.2, 0.25) is 0 Å². The third-order valence-electron chi connectivity index (χ3n) is 3.83. The number of aryl methyl sites for hydroxylation is 1. The molecule has 0 saturated heterocycles. The normalized spacial score (nSPS) is 11.6. The van der Waals surface area contributed by atoms with Crippen molar-refractivity contribution < 1.29 is 17.7 Å². The lowest BCUT2D eigenvalue weighted by atomic mass is 10.1. The number of nitrogens with one attached hydrogen (secondary N) is 1. The van der Waals surface area contributed by atoms with E-state index in [1.54, 1.807) is 6.07 Å². The highest BCUT2D eigenvalue weighted by Crippen LogP contribution is 2.30. The van der Waals surface area contributed by atoms with Crippen LogP contribution >= 0.6 is 0 Å². The molecule has 0 aliphatic carbocycles. The Bertz CT molecular complexity index is 872. The molecule has 0 radical (unpaired) electrons. The topological polar surface area (TPSA) is 63.8 Å². The molecule has 0 aliphatic heterocycles. The summed E-state index contributed by atoms with van der Waals surface area (Å²) in [6.45, 7) is 4.15. The van der Waals surface area contributed by atoms with Crippen LogP contribution in [0.3, 0.4) is 0 Å². The quantitative estimate of drug-likeness (QED) is 0.758. The Morgan fingerprint density at radius 1 is 1.08 bits per heavy atom. The molecule has 1 aromatic carbocycles. The average Bonchev–Trinajstić information content (AvgIpc) is 3.04. The fourth-order valence-electron chi connectivity index (χ4n) is 2.25. The molecule has 1 N–H and O–H groups in total. The van der Waals surface area contributed by atoms with Gasteiger partial charge in [-0.25, -0.2) is 9.97 Å². The summed E-state index contributed by atoms with van der Waals surface area (Å²) in [6, 6.07) is 6.47. The predicted octanol–water partition coefficient (Wildman–Crippen LogP) is 4.38. The first-order chi connectivity index (χ1) is 11.8. The number of halogens is 3. The molecular weight excluding hydrogens is 333 g/mol. The van der Waals surface area contributed by atoms with Gasteiger partial charge in [-0.1, -0.05) is 17.3 Å². The van der Waals surface area contributed by atoms with Crippen LogP contribution in [0.15, 0.2) is 41.2 Å². The van der Waals surface area contributed by atoms with Crippen molar-refractivity contribution in [1.29, 1.82) is 0 Å². The monoisotopic (exact) mass is 348 g/mol. The van der Waals surface area contributed by atoms with Crippen LogP contribution in [-0.4, -0.2) is 15.1 Å². The fourth-order valence-corrected chi connectivity index (χ4v) is 2.25. The summed E-state index contributed by atoms with van der Waals surface area (Å²) < 4.78 is 43.0. The molecule has 2 heterocycles. The Morgan fingerprint density at radius 2 is 1.80 bits per heavy atom. The largest absolute Gasteiger partial charge is 0.416 e. The number of aromatic nitrogens is 3. The Balaban J connectivity index is 1.71. The molecule has 0 atom stereocenters. The first kappa shape index (κ1) is 16.9. The lowest BCUT2D eigenvalue weighted by Gasteiger charge is -2.07. The number of nitrogens with zero attached hydrogens (tertiary/aromatic N) is 3. The summed E-state index contributed by atoms with van der Waals surface area (Å²) in [5.41, 5.74) is 2.14. The minimum atomic E-state index is -4.36. The van der Waals surface area contributed by atoms with E-state index in [0.717, 1.165) is 23.4 Å². The van der Waals surface area contributed by atoms with Gasteiger partial charge in [-0.05, 0) is 26.0 Å². The Labute approximate surface area is 141 Å². The highest BCUT2D eigenvalue weighted by Gasteiger charge is 2.30. The summed E-state index contributed by atoms with van der Waals surface area (Å²) in [4.78, 5) is 8.26. The first-order valence-corrected chi connectivity index (χ1v) is 7.50. The van der Waals surface area contributed by atoms with Gasteiger partial charge in [-0.3, -0.25) is 0 Å². The van der Waals surface area contributed by atoms with Crippen molar-refractivity contribution in [1.82, 2.24) is 15.1 Å². The maximum absolute atomic E-state index is 12.6. The van der Waals surface area contributed by atoms with Crippen LogP contribution in [0.25, 0.3) is 11.3 Å². The minimum absolute atomic E-state index is 0.352. The lowest BCUT2D eigenvalue weighted by molar-refractivity contribution is -0.137. The van der Waals surface area contributed by atoms with Gasteiger partial charge in [0.15, 0.2) is 5.76 Å². The van der Waals surface area contributed by atoms with Crippen molar-refractivity contribution in [3.63, 3.8) is 0 Å². The maximum atomic E-state index is 12.6. The van der Waals surface area contributed by atoms with E-state index in [9.17, 15) is 13.2 Å². The highest BCUT2D eigenvalue weighted by atomic mass is 19.4. The second-order valence-corrected chi connectivity index (χ2v) is 5.54. The van der Waals surface area contributed by atoms with E-state index in [0.29, 0.717) is 29.4 Å².